The highest BCUT2D eigenvalue weighted by Gasteiger charge is 2.28. The number of aliphatic hydroxyl groups excluding tert-OH is 2. The van der Waals surface area contributed by atoms with Crippen LogP contribution in [0.4, 0.5) is 4.39 Å². The fraction of sp³-hybridized carbons (Fsp3) is 0.440. The molecule has 8 heteroatoms. The number of halogens is 2. The molecule has 0 aliphatic rings. The first-order valence-electron chi connectivity index (χ1n) is 10.9. The summed E-state index contributed by atoms with van der Waals surface area (Å²) >= 11 is 5.95. The molecule has 1 aromatic carbocycles. The Morgan fingerprint density at radius 2 is 1.97 bits per heavy atom. The van der Waals surface area contributed by atoms with Gasteiger partial charge in [-0.3, -0.25) is 4.79 Å². The molecule has 2 aromatic heterocycles. The summed E-state index contributed by atoms with van der Waals surface area (Å²) in [5.41, 5.74) is 1.29. The molecule has 178 valence electrons. The number of aryl methyl sites for hydroxylation is 1. The lowest BCUT2D eigenvalue weighted by molar-refractivity contribution is 0.139. The second-order valence-corrected chi connectivity index (χ2v) is 9.66. The summed E-state index contributed by atoms with van der Waals surface area (Å²) in [6, 6.07) is 6.10. The maximum atomic E-state index is 14.6. The Morgan fingerprint density at radius 3 is 2.61 bits per heavy atom. The van der Waals surface area contributed by atoms with Crippen LogP contribution < -0.4 is 10.2 Å². The fourth-order valence-corrected chi connectivity index (χ4v) is 4.02. The first-order valence-corrected chi connectivity index (χ1v) is 11.3. The zero-order valence-corrected chi connectivity index (χ0v) is 20.1. The highest BCUT2D eigenvalue weighted by Crippen LogP contribution is 2.33. The van der Waals surface area contributed by atoms with Gasteiger partial charge in [0.25, 0.3) is 0 Å². The van der Waals surface area contributed by atoms with Gasteiger partial charge in [-0.15, -0.1) is 0 Å². The van der Waals surface area contributed by atoms with Crippen LogP contribution in [-0.4, -0.2) is 39.6 Å². The summed E-state index contributed by atoms with van der Waals surface area (Å²) in [6.45, 7) is 7.74. The summed E-state index contributed by atoms with van der Waals surface area (Å²) in [4.78, 5) is 17.7. The lowest BCUT2D eigenvalue weighted by Gasteiger charge is -2.32. The van der Waals surface area contributed by atoms with Gasteiger partial charge in [0.05, 0.1) is 29.7 Å². The molecule has 1 atom stereocenters. The van der Waals surface area contributed by atoms with Gasteiger partial charge in [-0.2, -0.15) is 4.98 Å². The Hall–Kier alpha value is -2.48. The van der Waals surface area contributed by atoms with Gasteiger partial charge in [-0.1, -0.05) is 44.5 Å². The van der Waals surface area contributed by atoms with Crippen molar-refractivity contribution in [3.8, 4) is 5.88 Å². The van der Waals surface area contributed by atoms with E-state index in [1.807, 2.05) is 25.3 Å². The van der Waals surface area contributed by atoms with Crippen LogP contribution >= 0.6 is 11.6 Å². The molecule has 0 bridgehead atoms. The van der Waals surface area contributed by atoms with E-state index in [-0.39, 0.29) is 54.0 Å². The Morgan fingerprint density at radius 1 is 1.24 bits per heavy atom. The lowest BCUT2D eigenvalue weighted by atomic mass is 9.86. The molecule has 0 unspecified atom stereocenters. The molecule has 0 saturated heterocycles. The van der Waals surface area contributed by atoms with E-state index < -0.39 is 5.82 Å². The number of ether oxygens (including phenoxy) is 1. The van der Waals surface area contributed by atoms with E-state index in [9.17, 15) is 14.3 Å². The van der Waals surface area contributed by atoms with Gasteiger partial charge in [-0.25, -0.2) is 4.39 Å². The molecule has 0 aliphatic carbocycles. The van der Waals surface area contributed by atoms with Crippen LogP contribution in [0.25, 0.3) is 11.0 Å². The second-order valence-electron chi connectivity index (χ2n) is 9.25. The molecule has 0 spiro atoms. The van der Waals surface area contributed by atoms with Crippen LogP contribution in [0, 0.1) is 18.2 Å². The van der Waals surface area contributed by atoms with E-state index in [4.69, 9.17) is 21.4 Å². The standard InChI is InChI=1S/C25H30ClFN2O4/c1-15-13-29(20(14-31)25(2,3)4)23-18(22(15)32)12-17(24(28-23)33-10-6-9-30)11-16-7-5-8-19(26)21(16)27/h5,7-8,12-13,20,30-31H,6,9-11,14H2,1-4H3/t20-/m1/s1. The number of hydrogen-bond donors (Lipinski definition) is 2. The van der Waals surface area contributed by atoms with Crippen LogP contribution in [0.5, 0.6) is 5.88 Å². The van der Waals surface area contributed by atoms with Crippen molar-refractivity contribution in [2.75, 3.05) is 19.8 Å². The maximum Gasteiger partial charge on any atom is 0.218 e. The summed E-state index contributed by atoms with van der Waals surface area (Å²) in [6.07, 6.45) is 2.23. The van der Waals surface area contributed by atoms with Crippen molar-refractivity contribution in [2.24, 2.45) is 5.41 Å². The van der Waals surface area contributed by atoms with Gasteiger partial charge >= 0.3 is 0 Å². The molecule has 2 heterocycles. The molecular weight excluding hydrogens is 447 g/mol. The van der Waals surface area contributed by atoms with Crippen molar-refractivity contribution in [1.29, 1.82) is 0 Å². The predicted molar refractivity (Wildman–Crippen MR) is 128 cm³/mol. The quantitative estimate of drug-likeness (QED) is 0.470. The third-order valence-electron chi connectivity index (χ3n) is 5.68. The molecule has 0 amide bonds. The third kappa shape index (κ3) is 5.37. The van der Waals surface area contributed by atoms with Gasteiger partial charge < -0.3 is 19.5 Å². The molecule has 6 nitrogen and oxygen atoms in total. The SMILES string of the molecule is Cc1cn([C@H](CO)C(C)(C)C)c2nc(OCCCO)c(Cc3cccc(Cl)c3F)cc2c1=O. The van der Waals surface area contributed by atoms with Crippen LogP contribution in [0.2, 0.25) is 5.02 Å². The molecule has 3 aromatic rings. The van der Waals surface area contributed by atoms with E-state index >= 15 is 0 Å². The van der Waals surface area contributed by atoms with E-state index in [0.717, 1.165) is 0 Å². The van der Waals surface area contributed by atoms with Crippen LogP contribution in [0.15, 0.2) is 35.3 Å². The number of rotatable bonds is 8. The molecule has 2 N–H and O–H groups in total. The summed E-state index contributed by atoms with van der Waals surface area (Å²) in [7, 11) is 0. The lowest BCUT2D eigenvalue weighted by Crippen LogP contribution is -2.30. The van der Waals surface area contributed by atoms with Crippen molar-refractivity contribution in [3.05, 3.63) is 68.2 Å². The van der Waals surface area contributed by atoms with Gasteiger partial charge in [0.15, 0.2) is 5.43 Å². The zero-order chi connectivity index (χ0) is 24.3. The zero-order valence-electron chi connectivity index (χ0n) is 19.4. The molecule has 0 fully saturated rings. The van der Waals surface area contributed by atoms with Crippen LogP contribution in [0.3, 0.4) is 0 Å². The van der Waals surface area contributed by atoms with E-state index in [1.165, 1.54) is 6.07 Å². The monoisotopic (exact) mass is 476 g/mol. The molecule has 0 saturated carbocycles. The normalized spacial score (nSPS) is 12.8. The maximum absolute atomic E-state index is 14.6. The number of aliphatic hydroxyl groups is 2. The van der Waals surface area contributed by atoms with E-state index in [2.05, 4.69) is 4.98 Å². The minimum atomic E-state index is -0.532. The number of hydrogen-bond acceptors (Lipinski definition) is 5. The topological polar surface area (TPSA) is 84.6 Å². The largest absolute Gasteiger partial charge is 0.477 e. The number of aromatic nitrogens is 2. The Balaban J connectivity index is 2.26. The summed E-state index contributed by atoms with van der Waals surface area (Å²) < 4.78 is 22.3. The number of fused-ring (bicyclic) bond motifs is 1. The van der Waals surface area contributed by atoms with Crippen molar-refractivity contribution in [3.63, 3.8) is 0 Å². The molecule has 0 radical (unpaired) electrons. The van der Waals surface area contributed by atoms with Crippen molar-refractivity contribution < 1.29 is 19.3 Å². The fourth-order valence-electron chi connectivity index (χ4n) is 3.83. The highest BCUT2D eigenvalue weighted by atomic mass is 35.5. The van der Waals surface area contributed by atoms with Crippen molar-refractivity contribution in [1.82, 2.24) is 9.55 Å². The smallest absolute Gasteiger partial charge is 0.218 e. The Kier molecular flexibility index (Phi) is 7.77. The third-order valence-corrected chi connectivity index (χ3v) is 5.98. The van der Waals surface area contributed by atoms with Crippen LogP contribution in [0.1, 0.15) is 49.9 Å². The van der Waals surface area contributed by atoms with Crippen LogP contribution in [-0.2, 0) is 6.42 Å². The molecule has 0 aliphatic heterocycles. The van der Waals surface area contributed by atoms with Gasteiger partial charge in [0, 0.05) is 36.8 Å². The Labute approximate surface area is 197 Å². The van der Waals surface area contributed by atoms with Gasteiger partial charge in [-0.05, 0) is 30.0 Å². The number of benzene rings is 1. The molecular formula is C25H30ClFN2O4. The van der Waals surface area contributed by atoms with E-state index in [0.29, 0.717) is 34.1 Å². The van der Waals surface area contributed by atoms with Gasteiger partial charge in [0.1, 0.15) is 11.5 Å². The minimum absolute atomic E-state index is 0.0122. The number of pyridine rings is 2. The highest BCUT2D eigenvalue weighted by molar-refractivity contribution is 6.30. The summed E-state index contributed by atoms with van der Waals surface area (Å²) in [5.74, 6) is -0.284. The van der Waals surface area contributed by atoms with E-state index in [1.54, 1.807) is 31.3 Å². The second kappa shape index (κ2) is 10.2. The number of nitrogens with zero attached hydrogens (tertiary/aromatic N) is 2. The first kappa shape index (κ1) is 25.1. The predicted octanol–water partition coefficient (Wildman–Crippen LogP) is 4.43. The van der Waals surface area contributed by atoms with Crippen molar-refractivity contribution >= 4 is 22.6 Å². The van der Waals surface area contributed by atoms with Crippen molar-refractivity contribution in [2.45, 2.75) is 46.6 Å². The first-order chi connectivity index (χ1) is 15.6. The minimum Gasteiger partial charge on any atom is -0.477 e. The molecule has 33 heavy (non-hydrogen) atoms. The average molecular weight is 477 g/mol. The average Bonchev–Trinajstić information content (AvgIpc) is 2.75. The summed E-state index contributed by atoms with van der Waals surface area (Å²) in [5, 5.41) is 19.7. The molecule has 3 rings (SSSR count). The Bertz CT molecular complexity index is 1200. The van der Waals surface area contributed by atoms with Gasteiger partial charge in [0.2, 0.25) is 5.88 Å².